The van der Waals surface area contributed by atoms with Crippen LogP contribution in [-0.4, -0.2) is 33.2 Å². The molecule has 0 aliphatic heterocycles. The molecule has 2 N–H and O–H groups in total. The van der Waals surface area contributed by atoms with Gasteiger partial charge in [-0.25, -0.2) is 0 Å². The number of aryl methyl sites for hydroxylation is 2. The summed E-state index contributed by atoms with van der Waals surface area (Å²) in [6.07, 6.45) is 6.35. The SMILES string of the molecule is CCc1cc(CC(CO)(CO)C2CCCC2)n(CC)n1. The van der Waals surface area contributed by atoms with E-state index in [-0.39, 0.29) is 18.6 Å². The Morgan fingerprint density at radius 1 is 1.25 bits per heavy atom. The van der Waals surface area contributed by atoms with Crippen molar-refractivity contribution in [2.45, 2.75) is 58.9 Å². The van der Waals surface area contributed by atoms with Crippen molar-refractivity contribution in [3.8, 4) is 0 Å². The van der Waals surface area contributed by atoms with Crippen LogP contribution in [0.5, 0.6) is 0 Å². The molecule has 1 aromatic rings. The molecule has 0 saturated heterocycles. The Kier molecular flexibility index (Phi) is 5.22. The second-order valence-corrected chi connectivity index (χ2v) is 6.13. The van der Waals surface area contributed by atoms with Gasteiger partial charge in [-0.1, -0.05) is 19.8 Å². The summed E-state index contributed by atoms with van der Waals surface area (Å²) in [6.45, 7) is 5.15. The minimum Gasteiger partial charge on any atom is -0.396 e. The van der Waals surface area contributed by atoms with Crippen LogP contribution in [0.4, 0.5) is 0 Å². The Morgan fingerprint density at radius 3 is 2.40 bits per heavy atom. The van der Waals surface area contributed by atoms with Gasteiger partial charge in [0, 0.05) is 17.7 Å². The predicted molar refractivity (Wildman–Crippen MR) is 79.5 cm³/mol. The molecule has 0 unspecified atom stereocenters. The molecule has 1 aliphatic rings. The quantitative estimate of drug-likeness (QED) is 0.805. The Labute approximate surface area is 121 Å². The van der Waals surface area contributed by atoms with Gasteiger partial charge >= 0.3 is 0 Å². The second kappa shape index (κ2) is 6.72. The van der Waals surface area contributed by atoms with E-state index in [1.165, 1.54) is 12.8 Å². The third-order valence-corrected chi connectivity index (χ3v) is 4.96. The first-order chi connectivity index (χ1) is 9.69. The fraction of sp³-hybridized carbons (Fsp3) is 0.812. The van der Waals surface area contributed by atoms with Gasteiger partial charge in [-0.2, -0.15) is 5.10 Å². The number of rotatable bonds is 7. The summed E-state index contributed by atoms with van der Waals surface area (Å²) in [5.41, 5.74) is 1.87. The van der Waals surface area contributed by atoms with Crippen LogP contribution in [0.2, 0.25) is 0 Å². The molecular weight excluding hydrogens is 252 g/mol. The van der Waals surface area contributed by atoms with Crippen molar-refractivity contribution in [1.82, 2.24) is 9.78 Å². The molecule has 4 nitrogen and oxygen atoms in total. The summed E-state index contributed by atoms with van der Waals surface area (Å²) < 4.78 is 2.02. The summed E-state index contributed by atoms with van der Waals surface area (Å²) in [4.78, 5) is 0. The van der Waals surface area contributed by atoms with Crippen LogP contribution < -0.4 is 0 Å². The highest BCUT2D eigenvalue weighted by Crippen LogP contribution is 2.42. The number of aliphatic hydroxyl groups is 2. The van der Waals surface area contributed by atoms with E-state index < -0.39 is 0 Å². The number of nitrogens with zero attached hydrogens (tertiary/aromatic N) is 2. The van der Waals surface area contributed by atoms with Crippen LogP contribution in [0, 0.1) is 11.3 Å². The zero-order valence-electron chi connectivity index (χ0n) is 12.8. The first kappa shape index (κ1) is 15.5. The fourth-order valence-corrected chi connectivity index (χ4v) is 3.57. The third-order valence-electron chi connectivity index (χ3n) is 4.96. The predicted octanol–water partition coefficient (Wildman–Crippen LogP) is 2.17. The van der Waals surface area contributed by atoms with Gasteiger partial charge in [0.25, 0.3) is 0 Å². The van der Waals surface area contributed by atoms with Gasteiger partial charge in [0.05, 0.1) is 18.9 Å². The summed E-state index contributed by atoms with van der Waals surface area (Å²) in [5, 5.41) is 24.5. The smallest absolute Gasteiger partial charge is 0.0624 e. The molecule has 1 heterocycles. The normalized spacial score (nSPS) is 17.0. The Bertz CT molecular complexity index is 418. The fourth-order valence-electron chi connectivity index (χ4n) is 3.57. The van der Waals surface area contributed by atoms with Gasteiger partial charge in [0.15, 0.2) is 0 Å². The van der Waals surface area contributed by atoms with Crippen molar-refractivity contribution in [3.05, 3.63) is 17.5 Å². The number of aromatic nitrogens is 2. The lowest BCUT2D eigenvalue weighted by atomic mass is 9.72. The van der Waals surface area contributed by atoms with Gasteiger partial charge in [-0.15, -0.1) is 0 Å². The molecule has 0 atom stereocenters. The van der Waals surface area contributed by atoms with Gasteiger partial charge in [0.2, 0.25) is 0 Å². The minimum absolute atomic E-state index is 0.0600. The van der Waals surface area contributed by atoms with Gasteiger partial charge < -0.3 is 10.2 Å². The topological polar surface area (TPSA) is 58.3 Å². The molecule has 1 fully saturated rings. The van der Waals surface area contributed by atoms with E-state index in [2.05, 4.69) is 25.0 Å². The lowest BCUT2D eigenvalue weighted by Gasteiger charge is -2.36. The maximum atomic E-state index is 9.94. The molecule has 1 aromatic heterocycles. The molecule has 2 rings (SSSR count). The first-order valence-corrected chi connectivity index (χ1v) is 7.96. The van der Waals surface area contributed by atoms with Crippen LogP contribution >= 0.6 is 0 Å². The van der Waals surface area contributed by atoms with Gasteiger partial charge in [-0.05, 0) is 44.6 Å². The van der Waals surface area contributed by atoms with E-state index >= 15 is 0 Å². The van der Waals surface area contributed by atoms with E-state index in [1.807, 2.05) is 4.68 Å². The van der Waals surface area contributed by atoms with Gasteiger partial charge in [0.1, 0.15) is 0 Å². The molecule has 0 radical (unpaired) electrons. The standard InChI is InChI=1S/C16H28N2O2/c1-3-14-9-15(18(4-2)17-14)10-16(11-19,12-20)13-7-5-6-8-13/h9,13,19-20H,3-8,10-12H2,1-2H3. The first-order valence-electron chi connectivity index (χ1n) is 7.96. The van der Waals surface area contributed by atoms with Crippen LogP contribution in [0.25, 0.3) is 0 Å². The lowest BCUT2D eigenvalue weighted by Crippen LogP contribution is -2.39. The lowest BCUT2D eigenvalue weighted by molar-refractivity contribution is 0.00419. The summed E-state index contributed by atoms with van der Waals surface area (Å²) in [6, 6.07) is 2.14. The van der Waals surface area contributed by atoms with Crippen LogP contribution in [0.1, 0.15) is 50.9 Å². The van der Waals surface area contributed by atoms with Crippen LogP contribution in [-0.2, 0) is 19.4 Å². The zero-order valence-corrected chi connectivity index (χ0v) is 12.8. The highest BCUT2D eigenvalue weighted by atomic mass is 16.3. The van der Waals surface area contributed by atoms with Crippen molar-refractivity contribution in [3.63, 3.8) is 0 Å². The van der Waals surface area contributed by atoms with E-state index in [0.29, 0.717) is 5.92 Å². The van der Waals surface area contributed by atoms with Crippen molar-refractivity contribution in [2.75, 3.05) is 13.2 Å². The average molecular weight is 280 g/mol. The zero-order chi connectivity index (χ0) is 14.6. The molecule has 0 amide bonds. The Balaban J connectivity index is 2.25. The van der Waals surface area contributed by atoms with E-state index in [4.69, 9.17) is 0 Å². The van der Waals surface area contributed by atoms with E-state index in [1.54, 1.807) is 0 Å². The summed E-state index contributed by atoms with van der Waals surface area (Å²) in [7, 11) is 0. The van der Waals surface area contributed by atoms with Crippen molar-refractivity contribution < 1.29 is 10.2 Å². The highest BCUT2D eigenvalue weighted by molar-refractivity contribution is 5.13. The minimum atomic E-state index is -0.380. The number of hydrogen-bond acceptors (Lipinski definition) is 3. The van der Waals surface area contributed by atoms with Crippen molar-refractivity contribution in [2.24, 2.45) is 11.3 Å². The number of hydrogen-bond donors (Lipinski definition) is 2. The highest BCUT2D eigenvalue weighted by Gasteiger charge is 2.40. The molecule has 20 heavy (non-hydrogen) atoms. The maximum absolute atomic E-state index is 9.94. The molecule has 1 saturated carbocycles. The molecular formula is C16H28N2O2. The summed E-state index contributed by atoms with van der Waals surface area (Å²) >= 11 is 0. The van der Waals surface area contributed by atoms with Crippen LogP contribution in [0.3, 0.4) is 0 Å². The van der Waals surface area contributed by atoms with Crippen LogP contribution in [0.15, 0.2) is 6.07 Å². The molecule has 4 heteroatoms. The average Bonchev–Trinajstić information content (AvgIpc) is 3.14. The molecule has 0 spiro atoms. The molecule has 0 bridgehead atoms. The molecule has 114 valence electrons. The Hall–Kier alpha value is -0.870. The monoisotopic (exact) mass is 280 g/mol. The number of aliphatic hydroxyl groups excluding tert-OH is 2. The summed E-state index contributed by atoms with van der Waals surface area (Å²) in [5.74, 6) is 0.433. The second-order valence-electron chi connectivity index (χ2n) is 6.13. The van der Waals surface area contributed by atoms with Gasteiger partial charge in [-0.3, -0.25) is 4.68 Å². The molecule has 1 aliphatic carbocycles. The van der Waals surface area contributed by atoms with E-state index in [0.717, 1.165) is 43.6 Å². The molecule has 0 aromatic carbocycles. The van der Waals surface area contributed by atoms with Crippen molar-refractivity contribution >= 4 is 0 Å². The van der Waals surface area contributed by atoms with E-state index in [9.17, 15) is 10.2 Å². The van der Waals surface area contributed by atoms with Crippen molar-refractivity contribution in [1.29, 1.82) is 0 Å². The Morgan fingerprint density at radius 2 is 1.90 bits per heavy atom. The largest absolute Gasteiger partial charge is 0.396 e. The third kappa shape index (κ3) is 2.91. The maximum Gasteiger partial charge on any atom is 0.0624 e.